The third kappa shape index (κ3) is 1.09. The molecule has 3 rings (SSSR count). The molecule has 2 saturated heterocycles. The molecule has 5 nitrogen and oxygen atoms in total. The van der Waals surface area contributed by atoms with Gasteiger partial charge in [-0.2, -0.15) is 0 Å². The highest BCUT2D eigenvalue weighted by Gasteiger charge is 2.64. The Labute approximate surface area is 100.0 Å². The molecular formula is C12H16N2O3. The number of carbonyl (C=O) groups is 2. The second-order valence-corrected chi connectivity index (χ2v) is 4.93. The van der Waals surface area contributed by atoms with E-state index in [4.69, 9.17) is 4.74 Å². The summed E-state index contributed by atoms with van der Waals surface area (Å²) < 4.78 is 5.01. The fraction of sp³-hybridized carbons (Fsp3) is 0.667. The molecule has 2 fully saturated rings. The Balaban J connectivity index is 1.90. The van der Waals surface area contributed by atoms with E-state index in [-0.39, 0.29) is 23.9 Å². The summed E-state index contributed by atoms with van der Waals surface area (Å²) in [6.45, 7) is 6.09. The molecule has 4 atom stereocenters. The number of hydrogen-bond donors (Lipinski definition) is 0. The Hall–Kier alpha value is -1.52. The zero-order chi connectivity index (χ0) is 12.3. The summed E-state index contributed by atoms with van der Waals surface area (Å²) in [6, 6.07) is 0.176. The van der Waals surface area contributed by atoms with E-state index in [1.54, 1.807) is 11.9 Å². The fourth-order valence-electron chi connectivity index (χ4n) is 3.22. The summed E-state index contributed by atoms with van der Waals surface area (Å²) in [4.78, 5) is 23.7. The van der Waals surface area contributed by atoms with Crippen molar-refractivity contribution in [2.24, 2.45) is 11.8 Å². The van der Waals surface area contributed by atoms with Gasteiger partial charge in [0.05, 0.1) is 24.6 Å². The minimum Gasteiger partial charge on any atom is -0.448 e. The van der Waals surface area contributed by atoms with Crippen LogP contribution < -0.4 is 0 Å². The van der Waals surface area contributed by atoms with E-state index >= 15 is 0 Å². The predicted molar refractivity (Wildman–Crippen MR) is 59.7 cm³/mol. The Bertz CT molecular complexity index is 431. The van der Waals surface area contributed by atoms with E-state index in [9.17, 15) is 9.59 Å². The zero-order valence-corrected chi connectivity index (χ0v) is 10.2. The quantitative estimate of drug-likeness (QED) is 0.507. The average molecular weight is 236 g/mol. The predicted octanol–water partition coefficient (Wildman–Crippen LogP) is 1.17. The van der Waals surface area contributed by atoms with Gasteiger partial charge in [0.2, 0.25) is 5.91 Å². The molecule has 2 heterocycles. The number of fused-ring (bicyclic) bond motifs is 3. The van der Waals surface area contributed by atoms with Gasteiger partial charge >= 0.3 is 6.09 Å². The number of β-lactam (4-membered cyclic amide) rings is 1. The van der Waals surface area contributed by atoms with Gasteiger partial charge in [-0.3, -0.25) is 4.79 Å². The number of rotatable bonds is 1. The highest BCUT2D eigenvalue weighted by atomic mass is 16.6. The van der Waals surface area contributed by atoms with Crippen LogP contribution in [0.1, 0.15) is 20.8 Å². The molecule has 17 heavy (non-hydrogen) atoms. The largest absolute Gasteiger partial charge is 0.448 e. The van der Waals surface area contributed by atoms with Gasteiger partial charge in [-0.05, 0) is 13.8 Å². The van der Waals surface area contributed by atoms with Crippen LogP contribution in [0.5, 0.6) is 0 Å². The van der Waals surface area contributed by atoms with Crippen LogP contribution in [0.25, 0.3) is 0 Å². The van der Waals surface area contributed by atoms with Crippen molar-refractivity contribution in [2.45, 2.75) is 32.9 Å². The average Bonchev–Trinajstić information content (AvgIpc) is 2.55. The van der Waals surface area contributed by atoms with E-state index in [2.05, 4.69) is 6.92 Å². The topological polar surface area (TPSA) is 49.9 Å². The molecule has 2 aliphatic heterocycles. The van der Waals surface area contributed by atoms with Crippen LogP contribution in [0, 0.1) is 11.8 Å². The Morgan fingerprint density at radius 1 is 1.53 bits per heavy atom. The molecule has 0 unspecified atom stereocenters. The van der Waals surface area contributed by atoms with Crippen LogP contribution in [0.2, 0.25) is 0 Å². The van der Waals surface area contributed by atoms with Crippen LogP contribution in [-0.4, -0.2) is 40.7 Å². The van der Waals surface area contributed by atoms with Gasteiger partial charge in [-0.1, -0.05) is 18.6 Å². The minimum absolute atomic E-state index is 0.0191. The summed E-state index contributed by atoms with van der Waals surface area (Å²) in [7, 11) is 0. The van der Waals surface area contributed by atoms with Gasteiger partial charge in [0.25, 0.3) is 0 Å². The first-order valence-electron chi connectivity index (χ1n) is 6.05. The fourth-order valence-corrected chi connectivity index (χ4v) is 3.22. The lowest BCUT2D eigenvalue weighted by atomic mass is 9.71. The molecule has 0 radical (unpaired) electrons. The number of hydrogen-bond acceptors (Lipinski definition) is 3. The molecule has 0 aromatic carbocycles. The molecule has 0 aromatic rings. The van der Waals surface area contributed by atoms with Crippen molar-refractivity contribution >= 4 is 12.0 Å². The normalized spacial score (nSPS) is 37.8. The summed E-state index contributed by atoms with van der Waals surface area (Å²) in [6.07, 6.45) is 1.63. The van der Waals surface area contributed by atoms with Gasteiger partial charge in [-0.15, -0.1) is 0 Å². The van der Waals surface area contributed by atoms with E-state index < -0.39 is 6.09 Å². The number of carbonyl (C=O) groups excluding carboxylic acids is 2. The van der Waals surface area contributed by atoms with Crippen molar-refractivity contribution < 1.29 is 14.3 Å². The van der Waals surface area contributed by atoms with Crippen molar-refractivity contribution in [1.29, 1.82) is 0 Å². The van der Waals surface area contributed by atoms with Crippen molar-refractivity contribution in [2.75, 3.05) is 6.61 Å². The lowest BCUT2D eigenvalue weighted by molar-refractivity contribution is -0.172. The summed E-state index contributed by atoms with van der Waals surface area (Å²) in [5, 5.41) is 3.08. The highest BCUT2D eigenvalue weighted by Crippen LogP contribution is 2.51. The molecule has 0 spiro atoms. The van der Waals surface area contributed by atoms with Crippen LogP contribution in [-0.2, 0) is 9.53 Å². The van der Waals surface area contributed by atoms with Gasteiger partial charge in [0.15, 0.2) is 0 Å². The molecular weight excluding hydrogens is 220 g/mol. The molecule has 0 N–H and O–H groups in total. The Morgan fingerprint density at radius 2 is 2.24 bits per heavy atom. The zero-order valence-electron chi connectivity index (χ0n) is 10.2. The van der Waals surface area contributed by atoms with E-state index in [0.717, 1.165) is 0 Å². The number of hydrazine groups is 1. The number of nitrogens with zero attached hydrogens (tertiary/aromatic N) is 2. The van der Waals surface area contributed by atoms with Crippen molar-refractivity contribution in [3.63, 3.8) is 0 Å². The molecule has 1 aliphatic carbocycles. The van der Waals surface area contributed by atoms with Gasteiger partial charge in [0.1, 0.15) is 0 Å². The number of ether oxygens (including phenoxy) is 1. The summed E-state index contributed by atoms with van der Waals surface area (Å²) >= 11 is 0. The smallest absolute Gasteiger partial charge is 0.429 e. The highest BCUT2D eigenvalue weighted by molar-refractivity contribution is 5.89. The SMILES string of the molecule is CCOC(=O)N1[C@@H]2C=C(C)[C@@H]2[C@H]2[C@@H](C)C(=O)N21. The first-order chi connectivity index (χ1) is 8.07. The van der Waals surface area contributed by atoms with Crippen molar-refractivity contribution in [1.82, 2.24) is 10.0 Å². The first-order valence-corrected chi connectivity index (χ1v) is 6.05. The molecule has 3 aliphatic rings. The molecule has 2 amide bonds. The maximum atomic E-state index is 11.9. The lowest BCUT2D eigenvalue weighted by Gasteiger charge is -2.44. The lowest BCUT2D eigenvalue weighted by Crippen LogP contribution is -2.63. The standard InChI is InChI=1S/C12H16N2O3/c1-4-17-12(16)13-8-5-6(2)9(8)10-7(3)11(15)14(10)13/h5,7-10H,4H2,1-3H3/t7-,8-,9+,10-/m1/s1. The second kappa shape index (κ2) is 3.24. The van der Waals surface area contributed by atoms with E-state index in [1.807, 2.05) is 13.0 Å². The summed E-state index contributed by atoms with van der Waals surface area (Å²) in [5.41, 5.74) is 1.27. The van der Waals surface area contributed by atoms with E-state index in [1.165, 1.54) is 10.6 Å². The Kier molecular flexibility index (Phi) is 2.03. The molecule has 92 valence electrons. The van der Waals surface area contributed by atoms with Crippen molar-refractivity contribution in [3.05, 3.63) is 11.6 Å². The molecule has 0 aromatic heterocycles. The Morgan fingerprint density at radius 3 is 2.82 bits per heavy atom. The van der Waals surface area contributed by atoms with Gasteiger partial charge in [-0.25, -0.2) is 14.8 Å². The van der Waals surface area contributed by atoms with Crippen LogP contribution >= 0.6 is 0 Å². The maximum absolute atomic E-state index is 11.9. The van der Waals surface area contributed by atoms with E-state index in [0.29, 0.717) is 12.5 Å². The second-order valence-electron chi connectivity index (χ2n) is 4.93. The van der Waals surface area contributed by atoms with Gasteiger partial charge in [0, 0.05) is 5.92 Å². The molecule has 0 saturated carbocycles. The molecule has 0 bridgehead atoms. The van der Waals surface area contributed by atoms with Crippen molar-refractivity contribution in [3.8, 4) is 0 Å². The maximum Gasteiger partial charge on any atom is 0.429 e. The van der Waals surface area contributed by atoms with Gasteiger partial charge < -0.3 is 4.74 Å². The molecule has 5 heteroatoms. The van der Waals surface area contributed by atoms with Crippen LogP contribution in [0.3, 0.4) is 0 Å². The number of amides is 2. The first kappa shape index (κ1) is 10.6. The third-order valence-corrected chi connectivity index (χ3v) is 4.07. The monoisotopic (exact) mass is 236 g/mol. The third-order valence-electron chi connectivity index (χ3n) is 4.07. The minimum atomic E-state index is -0.408. The van der Waals surface area contributed by atoms with Crippen LogP contribution in [0.15, 0.2) is 11.6 Å². The van der Waals surface area contributed by atoms with Crippen LogP contribution in [0.4, 0.5) is 4.79 Å². The summed E-state index contributed by atoms with van der Waals surface area (Å²) in [5.74, 6) is 0.358.